The Morgan fingerprint density at radius 3 is 2.75 bits per heavy atom. The lowest BCUT2D eigenvalue weighted by atomic mass is 10.1. The van der Waals surface area contributed by atoms with E-state index in [0.29, 0.717) is 5.75 Å². The molecule has 102 valence electrons. The fourth-order valence-electron chi connectivity index (χ4n) is 1.83. The SMILES string of the molecule is CC(N)C(Oc1ccc(C#N)c(F)c1)c1cccnc1. The van der Waals surface area contributed by atoms with Crippen molar-refractivity contribution in [3.8, 4) is 11.8 Å². The Bertz CT molecular complexity index is 623. The third kappa shape index (κ3) is 3.11. The molecular weight excluding hydrogens is 257 g/mol. The van der Waals surface area contributed by atoms with Gasteiger partial charge in [-0.15, -0.1) is 0 Å². The molecular formula is C15H14FN3O. The molecule has 0 saturated carbocycles. The van der Waals surface area contributed by atoms with E-state index in [0.717, 1.165) is 5.56 Å². The molecule has 2 aromatic rings. The third-order valence-corrected chi connectivity index (χ3v) is 2.81. The second-order valence-electron chi connectivity index (χ2n) is 4.44. The zero-order valence-corrected chi connectivity index (χ0v) is 11.0. The van der Waals surface area contributed by atoms with Crippen molar-refractivity contribution < 1.29 is 9.13 Å². The summed E-state index contributed by atoms with van der Waals surface area (Å²) in [6.07, 6.45) is 2.88. The first-order valence-corrected chi connectivity index (χ1v) is 6.13. The second-order valence-corrected chi connectivity index (χ2v) is 4.44. The minimum absolute atomic E-state index is 0.0175. The van der Waals surface area contributed by atoms with Crippen molar-refractivity contribution in [2.24, 2.45) is 5.73 Å². The van der Waals surface area contributed by atoms with Crippen LogP contribution in [0.1, 0.15) is 24.2 Å². The molecule has 0 bridgehead atoms. The van der Waals surface area contributed by atoms with Crippen LogP contribution in [0.4, 0.5) is 4.39 Å². The molecule has 0 spiro atoms. The highest BCUT2D eigenvalue weighted by atomic mass is 19.1. The zero-order valence-electron chi connectivity index (χ0n) is 11.0. The first-order chi connectivity index (χ1) is 9.61. The maximum Gasteiger partial charge on any atom is 0.144 e. The number of aromatic nitrogens is 1. The summed E-state index contributed by atoms with van der Waals surface area (Å²) in [5.74, 6) is -0.285. The summed E-state index contributed by atoms with van der Waals surface area (Å²) in [5, 5.41) is 8.70. The van der Waals surface area contributed by atoms with Crippen LogP contribution in [-0.4, -0.2) is 11.0 Å². The first-order valence-electron chi connectivity index (χ1n) is 6.13. The van der Waals surface area contributed by atoms with Gasteiger partial charge in [0.15, 0.2) is 0 Å². The number of ether oxygens (including phenoxy) is 1. The summed E-state index contributed by atoms with van der Waals surface area (Å²) in [4.78, 5) is 4.02. The summed E-state index contributed by atoms with van der Waals surface area (Å²) in [6.45, 7) is 1.80. The molecule has 0 aliphatic rings. The number of hydrogen-bond donors (Lipinski definition) is 1. The summed E-state index contributed by atoms with van der Waals surface area (Å²) >= 11 is 0. The van der Waals surface area contributed by atoms with Crippen LogP contribution < -0.4 is 10.5 Å². The van der Waals surface area contributed by atoms with Crippen LogP contribution in [0.5, 0.6) is 5.75 Å². The van der Waals surface area contributed by atoms with Gasteiger partial charge in [0.1, 0.15) is 23.7 Å². The van der Waals surface area contributed by atoms with E-state index in [1.165, 1.54) is 12.1 Å². The van der Waals surface area contributed by atoms with Crippen molar-refractivity contribution in [2.45, 2.75) is 19.1 Å². The van der Waals surface area contributed by atoms with E-state index in [2.05, 4.69) is 4.98 Å². The van der Waals surface area contributed by atoms with Crippen molar-refractivity contribution in [1.29, 1.82) is 5.26 Å². The van der Waals surface area contributed by atoms with Crippen LogP contribution >= 0.6 is 0 Å². The van der Waals surface area contributed by atoms with Gasteiger partial charge in [-0.3, -0.25) is 4.98 Å². The van der Waals surface area contributed by atoms with Gasteiger partial charge < -0.3 is 10.5 Å². The highest BCUT2D eigenvalue weighted by molar-refractivity contribution is 5.36. The maximum absolute atomic E-state index is 13.6. The molecule has 0 aliphatic heterocycles. The Balaban J connectivity index is 2.26. The van der Waals surface area contributed by atoms with Crippen LogP contribution in [0.25, 0.3) is 0 Å². The molecule has 2 atom stereocenters. The number of halogens is 1. The van der Waals surface area contributed by atoms with E-state index in [4.69, 9.17) is 15.7 Å². The number of pyridine rings is 1. The highest BCUT2D eigenvalue weighted by Crippen LogP contribution is 2.25. The third-order valence-electron chi connectivity index (χ3n) is 2.81. The lowest BCUT2D eigenvalue weighted by Crippen LogP contribution is -2.29. The van der Waals surface area contributed by atoms with Gasteiger partial charge in [-0.2, -0.15) is 5.26 Å². The predicted octanol–water partition coefficient (Wildman–Crippen LogP) is 2.56. The zero-order chi connectivity index (χ0) is 14.5. The van der Waals surface area contributed by atoms with Crippen molar-refractivity contribution in [1.82, 2.24) is 4.98 Å². The monoisotopic (exact) mass is 271 g/mol. The molecule has 1 heterocycles. The molecule has 4 nitrogen and oxygen atoms in total. The fraction of sp³-hybridized carbons (Fsp3) is 0.200. The van der Waals surface area contributed by atoms with Gasteiger partial charge in [0.25, 0.3) is 0 Å². The fourth-order valence-corrected chi connectivity index (χ4v) is 1.83. The molecule has 2 unspecified atom stereocenters. The van der Waals surface area contributed by atoms with Crippen molar-refractivity contribution >= 4 is 0 Å². The van der Waals surface area contributed by atoms with Crippen LogP contribution in [-0.2, 0) is 0 Å². The molecule has 0 aliphatic carbocycles. The summed E-state index contributed by atoms with van der Waals surface area (Å²) in [5.41, 5.74) is 6.71. The van der Waals surface area contributed by atoms with E-state index in [9.17, 15) is 4.39 Å². The lowest BCUT2D eigenvalue weighted by Gasteiger charge is -2.22. The standard InChI is InChI=1S/C15H14FN3O/c1-10(18)15(12-3-2-6-19-9-12)20-13-5-4-11(8-17)14(16)7-13/h2-7,9-10,15H,18H2,1H3. The molecule has 1 aromatic heterocycles. The molecule has 2 rings (SSSR count). The molecule has 5 heteroatoms. The smallest absolute Gasteiger partial charge is 0.144 e. The Kier molecular flexibility index (Phi) is 4.28. The average molecular weight is 271 g/mol. The quantitative estimate of drug-likeness (QED) is 0.927. The van der Waals surface area contributed by atoms with Crippen molar-refractivity contribution in [2.75, 3.05) is 0 Å². The van der Waals surface area contributed by atoms with E-state index in [1.54, 1.807) is 37.5 Å². The van der Waals surface area contributed by atoms with E-state index in [1.807, 2.05) is 6.07 Å². The number of hydrogen-bond acceptors (Lipinski definition) is 4. The van der Waals surface area contributed by atoms with E-state index in [-0.39, 0.29) is 11.6 Å². The van der Waals surface area contributed by atoms with E-state index >= 15 is 0 Å². The van der Waals surface area contributed by atoms with Crippen molar-refractivity contribution in [3.05, 3.63) is 59.7 Å². The Morgan fingerprint density at radius 2 is 2.20 bits per heavy atom. The molecule has 1 aromatic carbocycles. The Hall–Kier alpha value is -2.45. The van der Waals surface area contributed by atoms with Gasteiger partial charge >= 0.3 is 0 Å². The largest absolute Gasteiger partial charge is 0.484 e. The van der Waals surface area contributed by atoms with Crippen LogP contribution in [0.15, 0.2) is 42.7 Å². The number of benzene rings is 1. The van der Waals surface area contributed by atoms with Gasteiger partial charge in [-0.05, 0) is 25.1 Å². The minimum Gasteiger partial charge on any atom is -0.484 e. The van der Waals surface area contributed by atoms with Gasteiger partial charge in [-0.25, -0.2) is 4.39 Å². The lowest BCUT2D eigenvalue weighted by molar-refractivity contribution is 0.179. The Labute approximate surface area is 116 Å². The first kappa shape index (κ1) is 14.0. The Morgan fingerprint density at radius 1 is 1.40 bits per heavy atom. The van der Waals surface area contributed by atoms with Gasteiger partial charge in [0.05, 0.1) is 5.56 Å². The minimum atomic E-state index is -0.611. The maximum atomic E-state index is 13.6. The average Bonchev–Trinajstić information content (AvgIpc) is 2.45. The van der Waals surface area contributed by atoms with Crippen molar-refractivity contribution in [3.63, 3.8) is 0 Å². The molecule has 0 amide bonds. The van der Waals surface area contributed by atoms with Gasteiger partial charge in [-0.1, -0.05) is 6.07 Å². The molecule has 2 N–H and O–H groups in total. The molecule has 0 fully saturated rings. The predicted molar refractivity (Wildman–Crippen MR) is 72.4 cm³/mol. The summed E-state index contributed by atoms with van der Waals surface area (Å²) in [7, 11) is 0. The number of nitrogens with zero attached hydrogens (tertiary/aromatic N) is 2. The van der Waals surface area contributed by atoms with Crippen LogP contribution in [0.3, 0.4) is 0 Å². The van der Waals surface area contributed by atoms with Gasteiger partial charge in [0, 0.05) is 30.1 Å². The highest BCUT2D eigenvalue weighted by Gasteiger charge is 2.19. The molecule has 0 radical (unpaired) electrons. The number of nitriles is 1. The summed E-state index contributed by atoms with van der Waals surface area (Å²) < 4.78 is 19.3. The number of nitrogens with two attached hydrogens (primary N) is 1. The molecule has 20 heavy (non-hydrogen) atoms. The second kappa shape index (κ2) is 6.13. The van der Waals surface area contributed by atoms with Crippen LogP contribution in [0.2, 0.25) is 0 Å². The van der Waals surface area contributed by atoms with Gasteiger partial charge in [0.2, 0.25) is 0 Å². The van der Waals surface area contributed by atoms with Crippen LogP contribution in [0, 0.1) is 17.1 Å². The van der Waals surface area contributed by atoms with E-state index < -0.39 is 11.9 Å². The molecule has 0 saturated heterocycles. The normalized spacial score (nSPS) is 13.3. The summed E-state index contributed by atoms with van der Waals surface area (Å²) in [6, 6.07) is 9.22. The topological polar surface area (TPSA) is 71.9 Å². The number of rotatable bonds is 4.